The molecule has 0 radical (unpaired) electrons. The molecule has 156 valence electrons. The highest BCUT2D eigenvalue weighted by molar-refractivity contribution is 5.95. The van der Waals surface area contributed by atoms with E-state index in [1.807, 2.05) is 19.2 Å². The van der Waals surface area contributed by atoms with E-state index in [9.17, 15) is 14.0 Å². The van der Waals surface area contributed by atoms with Crippen LogP contribution in [0.4, 0.5) is 4.39 Å². The fourth-order valence-electron chi connectivity index (χ4n) is 4.43. The van der Waals surface area contributed by atoms with Crippen molar-refractivity contribution >= 4 is 23.1 Å². The van der Waals surface area contributed by atoms with Crippen molar-refractivity contribution in [3.8, 4) is 11.1 Å². The molecule has 0 saturated heterocycles. The van der Waals surface area contributed by atoms with E-state index in [2.05, 4.69) is 10.3 Å². The highest BCUT2D eigenvalue weighted by Gasteiger charge is 2.39. The van der Waals surface area contributed by atoms with Crippen molar-refractivity contribution in [1.29, 1.82) is 0 Å². The van der Waals surface area contributed by atoms with Gasteiger partial charge in [0, 0.05) is 48.2 Å². The Balaban J connectivity index is 1.56. The van der Waals surface area contributed by atoms with Gasteiger partial charge in [-0.15, -0.1) is 0 Å². The van der Waals surface area contributed by atoms with Gasteiger partial charge in [-0.3, -0.25) is 10.1 Å². The maximum Gasteiger partial charge on any atom is 0.255 e. The SMILES string of the molecule is CN(C(=O)c1ccc(-c2cc3cc[nH]c3cc2F)cc1)C1(NCCC=O)CCCC1. The third kappa shape index (κ3) is 3.75. The Bertz CT molecular complexity index is 1050. The summed E-state index contributed by atoms with van der Waals surface area (Å²) in [5.74, 6) is -0.381. The summed E-state index contributed by atoms with van der Waals surface area (Å²) in [6.07, 6.45) is 6.93. The Labute approximate surface area is 175 Å². The van der Waals surface area contributed by atoms with Crippen LogP contribution in [-0.2, 0) is 4.79 Å². The zero-order valence-corrected chi connectivity index (χ0v) is 17.1. The van der Waals surface area contributed by atoms with Crippen LogP contribution in [-0.4, -0.2) is 41.3 Å². The molecule has 5 nitrogen and oxygen atoms in total. The molecule has 1 heterocycles. The molecule has 0 bridgehead atoms. The maximum atomic E-state index is 14.5. The van der Waals surface area contributed by atoms with Gasteiger partial charge in [-0.05, 0) is 61.6 Å². The Morgan fingerprint density at radius 3 is 2.63 bits per heavy atom. The smallest absolute Gasteiger partial charge is 0.255 e. The number of hydrogen-bond acceptors (Lipinski definition) is 3. The number of nitrogens with zero attached hydrogens (tertiary/aromatic N) is 1. The van der Waals surface area contributed by atoms with Gasteiger partial charge in [0.1, 0.15) is 12.1 Å². The number of carbonyl (C=O) groups is 2. The number of nitrogens with one attached hydrogen (secondary N) is 2. The number of H-pyrrole nitrogens is 1. The number of amides is 1. The average Bonchev–Trinajstić information content (AvgIpc) is 3.42. The van der Waals surface area contributed by atoms with Crippen LogP contribution in [0.25, 0.3) is 22.0 Å². The summed E-state index contributed by atoms with van der Waals surface area (Å²) >= 11 is 0. The lowest BCUT2D eigenvalue weighted by molar-refractivity contribution is -0.107. The Hall–Kier alpha value is -2.99. The van der Waals surface area contributed by atoms with Gasteiger partial charge in [-0.25, -0.2) is 4.39 Å². The number of hydrogen-bond donors (Lipinski definition) is 2. The molecule has 1 fully saturated rings. The van der Waals surface area contributed by atoms with Gasteiger partial charge in [0.2, 0.25) is 0 Å². The van der Waals surface area contributed by atoms with E-state index >= 15 is 0 Å². The summed E-state index contributed by atoms with van der Waals surface area (Å²) < 4.78 is 14.5. The summed E-state index contributed by atoms with van der Waals surface area (Å²) in [5.41, 5.74) is 2.15. The zero-order chi connectivity index (χ0) is 21.1. The van der Waals surface area contributed by atoms with Crippen LogP contribution in [0.15, 0.2) is 48.7 Å². The monoisotopic (exact) mass is 407 g/mol. The molecule has 1 aromatic heterocycles. The molecule has 2 aromatic carbocycles. The van der Waals surface area contributed by atoms with E-state index in [1.165, 1.54) is 6.07 Å². The Morgan fingerprint density at radius 2 is 1.93 bits per heavy atom. The third-order valence-electron chi connectivity index (χ3n) is 6.18. The molecular weight excluding hydrogens is 381 g/mol. The summed E-state index contributed by atoms with van der Waals surface area (Å²) in [5, 5.41) is 4.37. The topological polar surface area (TPSA) is 65.2 Å². The van der Waals surface area contributed by atoms with Crippen molar-refractivity contribution < 1.29 is 14.0 Å². The second-order valence-electron chi connectivity index (χ2n) is 7.96. The van der Waals surface area contributed by atoms with E-state index in [1.54, 1.807) is 35.4 Å². The summed E-state index contributed by atoms with van der Waals surface area (Å²) in [7, 11) is 1.81. The van der Waals surface area contributed by atoms with Gasteiger partial charge < -0.3 is 14.7 Å². The molecule has 1 saturated carbocycles. The predicted molar refractivity (Wildman–Crippen MR) is 116 cm³/mol. The summed E-state index contributed by atoms with van der Waals surface area (Å²) in [6.45, 7) is 0.557. The number of halogens is 1. The normalized spacial score (nSPS) is 15.4. The fraction of sp³-hybridized carbons (Fsp3) is 0.333. The van der Waals surface area contributed by atoms with Crippen LogP contribution in [0.2, 0.25) is 0 Å². The van der Waals surface area contributed by atoms with Crippen LogP contribution < -0.4 is 5.32 Å². The molecule has 3 aromatic rings. The van der Waals surface area contributed by atoms with Crippen LogP contribution in [0, 0.1) is 5.82 Å². The van der Waals surface area contributed by atoms with Crippen molar-refractivity contribution in [2.24, 2.45) is 0 Å². The number of carbonyl (C=O) groups excluding carboxylic acids is 2. The minimum absolute atomic E-state index is 0.0800. The first kappa shape index (κ1) is 20.3. The minimum atomic E-state index is -0.413. The Kier molecular flexibility index (Phi) is 5.68. The minimum Gasteiger partial charge on any atom is -0.361 e. The number of benzene rings is 2. The predicted octanol–water partition coefficient (Wildman–Crippen LogP) is 4.49. The molecule has 0 unspecified atom stereocenters. The summed E-state index contributed by atoms with van der Waals surface area (Å²) in [4.78, 5) is 28.6. The molecular formula is C24H26FN3O2. The van der Waals surface area contributed by atoms with Gasteiger partial charge in [-0.2, -0.15) is 0 Å². The van der Waals surface area contributed by atoms with Crippen LogP contribution in [0.3, 0.4) is 0 Å². The first-order valence-electron chi connectivity index (χ1n) is 10.4. The van der Waals surface area contributed by atoms with Gasteiger partial charge >= 0.3 is 0 Å². The molecule has 0 spiro atoms. The molecule has 1 aliphatic carbocycles. The lowest BCUT2D eigenvalue weighted by atomic mass is 10.0. The molecule has 1 aliphatic rings. The molecule has 1 amide bonds. The first-order valence-corrected chi connectivity index (χ1v) is 10.4. The van der Waals surface area contributed by atoms with Gasteiger partial charge in [0.05, 0.1) is 5.66 Å². The van der Waals surface area contributed by atoms with Crippen LogP contribution >= 0.6 is 0 Å². The number of fused-ring (bicyclic) bond motifs is 1. The largest absolute Gasteiger partial charge is 0.361 e. The number of aldehydes is 1. The number of aromatic nitrogens is 1. The van der Waals surface area contributed by atoms with Crippen molar-refractivity contribution in [2.45, 2.75) is 37.8 Å². The second kappa shape index (κ2) is 8.40. The highest BCUT2D eigenvalue weighted by Crippen LogP contribution is 2.33. The van der Waals surface area contributed by atoms with E-state index in [0.717, 1.165) is 48.4 Å². The van der Waals surface area contributed by atoms with Gasteiger partial charge in [-0.1, -0.05) is 12.1 Å². The van der Waals surface area contributed by atoms with Crippen LogP contribution in [0.1, 0.15) is 42.5 Å². The van der Waals surface area contributed by atoms with Crippen molar-refractivity contribution in [3.05, 3.63) is 60.0 Å². The van der Waals surface area contributed by atoms with Gasteiger partial charge in [0.15, 0.2) is 0 Å². The fourth-order valence-corrected chi connectivity index (χ4v) is 4.43. The Morgan fingerprint density at radius 1 is 1.20 bits per heavy atom. The van der Waals surface area contributed by atoms with Crippen molar-refractivity contribution in [1.82, 2.24) is 15.2 Å². The maximum absolute atomic E-state index is 14.5. The van der Waals surface area contributed by atoms with E-state index in [4.69, 9.17) is 0 Å². The standard InChI is InChI=1S/C24H26FN3O2/c1-28(24(10-2-3-11-24)27-12-4-14-29)23(30)18-7-5-17(6-8-18)20-15-19-9-13-26-22(19)16-21(20)25/h5-9,13-16,26-27H,2-4,10-12H2,1H3. The number of aromatic amines is 1. The van der Waals surface area contributed by atoms with Crippen LogP contribution in [0.5, 0.6) is 0 Å². The zero-order valence-electron chi connectivity index (χ0n) is 17.1. The first-order chi connectivity index (χ1) is 14.5. The molecule has 0 atom stereocenters. The third-order valence-corrected chi connectivity index (χ3v) is 6.18. The van der Waals surface area contributed by atoms with E-state index in [0.29, 0.717) is 24.1 Å². The van der Waals surface area contributed by atoms with E-state index in [-0.39, 0.29) is 11.7 Å². The lowest BCUT2D eigenvalue weighted by Crippen LogP contribution is -2.57. The lowest BCUT2D eigenvalue weighted by Gasteiger charge is -2.40. The molecule has 30 heavy (non-hydrogen) atoms. The quantitative estimate of drug-likeness (QED) is 0.344. The number of rotatable bonds is 7. The second-order valence-corrected chi connectivity index (χ2v) is 7.96. The van der Waals surface area contributed by atoms with Gasteiger partial charge in [0.25, 0.3) is 5.91 Å². The molecule has 6 heteroatoms. The van der Waals surface area contributed by atoms with Crippen molar-refractivity contribution in [3.63, 3.8) is 0 Å². The average molecular weight is 407 g/mol. The molecule has 0 aliphatic heterocycles. The summed E-state index contributed by atoms with van der Waals surface area (Å²) in [6, 6.07) is 12.3. The van der Waals surface area contributed by atoms with E-state index < -0.39 is 5.66 Å². The highest BCUT2D eigenvalue weighted by atomic mass is 19.1. The van der Waals surface area contributed by atoms with Crippen molar-refractivity contribution in [2.75, 3.05) is 13.6 Å². The molecule has 2 N–H and O–H groups in total. The molecule has 4 rings (SSSR count).